The fourth-order valence-electron chi connectivity index (χ4n) is 2.26. The van der Waals surface area contributed by atoms with Crippen LogP contribution in [0.4, 0.5) is 5.69 Å². The zero-order chi connectivity index (χ0) is 13.5. The number of nitrogens with two attached hydrogens (primary N) is 1. The highest BCUT2D eigenvalue weighted by Gasteiger charge is 2.25. The van der Waals surface area contributed by atoms with Crippen LogP contribution >= 0.6 is 11.3 Å². The summed E-state index contributed by atoms with van der Waals surface area (Å²) < 4.78 is 7.21. The molecule has 0 radical (unpaired) electrons. The smallest absolute Gasteiger partial charge is 0.235 e. The maximum Gasteiger partial charge on any atom is 0.235 e. The standard InChI is InChI=1S/C12H12N6OS/c13-8-1-2-9(14-5-8)11-17-18-10(7-3-4-19-6-7)15-16-12(18)20-11/h1-2,5,7H,3-4,6,13H2. The highest BCUT2D eigenvalue weighted by molar-refractivity contribution is 7.19. The zero-order valence-corrected chi connectivity index (χ0v) is 11.4. The summed E-state index contributed by atoms with van der Waals surface area (Å²) in [4.78, 5) is 5.07. The first-order valence-electron chi connectivity index (χ1n) is 6.33. The molecule has 2 N–H and O–H groups in total. The van der Waals surface area contributed by atoms with Crippen molar-refractivity contribution in [3.05, 3.63) is 24.2 Å². The third-order valence-corrected chi connectivity index (χ3v) is 4.24. The number of rotatable bonds is 2. The van der Waals surface area contributed by atoms with E-state index in [-0.39, 0.29) is 5.92 Å². The van der Waals surface area contributed by atoms with Crippen molar-refractivity contribution >= 4 is 22.0 Å². The maximum absolute atomic E-state index is 5.65. The molecule has 4 rings (SSSR count). The average molecular weight is 288 g/mol. The third-order valence-electron chi connectivity index (χ3n) is 3.32. The van der Waals surface area contributed by atoms with E-state index >= 15 is 0 Å². The summed E-state index contributed by atoms with van der Waals surface area (Å²) in [5.41, 5.74) is 7.08. The highest BCUT2D eigenvalue weighted by Crippen LogP contribution is 2.28. The van der Waals surface area contributed by atoms with Gasteiger partial charge in [0.25, 0.3) is 0 Å². The van der Waals surface area contributed by atoms with Gasteiger partial charge in [0.1, 0.15) is 5.69 Å². The van der Waals surface area contributed by atoms with Crippen molar-refractivity contribution in [2.24, 2.45) is 0 Å². The molecule has 7 nitrogen and oxygen atoms in total. The van der Waals surface area contributed by atoms with Gasteiger partial charge >= 0.3 is 0 Å². The second-order valence-electron chi connectivity index (χ2n) is 4.70. The van der Waals surface area contributed by atoms with Crippen molar-refractivity contribution < 1.29 is 4.74 Å². The van der Waals surface area contributed by atoms with Crippen LogP contribution in [-0.2, 0) is 4.74 Å². The Bertz CT molecular complexity index is 743. The Balaban J connectivity index is 1.77. The predicted molar refractivity (Wildman–Crippen MR) is 74.5 cm³/mol. The number of ether oxygens (including phenoxy) is 1. The Labute approximate surface area is 118 Å². The van der Waals surface area contributed by atoms with Crippen LogP contribution in [0.3, 0.4) is 0 Å². The molecule has 3 aromatic heterocycles. The van der Waals surface area contributed by atoms with Gasteiger partial charge in [-0.2, -0.15) is 9.61 Å². The minimum absolute atomic E-state index is 0.277. The first-order chi connectivity index (χ1) is 9.81. The van der Waals surface area contributed by atoms with Gasteiger partial charge in [0.05, 0.1) is 18.5 Å². The molecular formula is C12H12N6OS. The fourth-order valence-corrected chi connectivity index (χ4v) is 3.08. The van der Waals surface area contributed by atoms with E-state index in [1.165, 1.54) is 11.3 Å². The number of hydrogen-bond donors (Lipinski definition) is 1. The van der Waals surface area contributed by atoms with Crippen molar-refractivity contribution in [2.45, 2.75) is 12.3 Å². The normalized spacial score (nSPS) is 18.9. The fraction of sp³-hybridized carbons (Fsp3) is 0.333. The SMILES string of the molecule is Nc1ccc(-c2nn3c(C4CCOC4)nnc3s2)nc1. The van der Waals surface area contributed by atoms with Crippen LogP contribution in [-0.4, -0.2) is 38.0 Å². The maximum atomic E-state index is 5.65. The molecule has 0 amide bonds. The van der Waals surface area contributed by atoms with Gasteiger partial charge in [-0.15, -0.1) is 10.2 Å². The lowest BCUT2D eigenvalue weighted by molar-refractivity contribution is 0.193. The molecule has 0 aromatic carbocycles. The molecular weight excluding hydrogens is 276 g/mol. The van der Waals surface area contributed by atoms with E-state index in [2.05, 4.69) is 20.3 Å². The minimum atomic E-state index is 0.277. The molecule has 0 saturated carbocycles. The lowest BCUT2D eigenvalue weighted by Crippen LogP contribution is -2.04. The summed E-state index contributed by atoms with van der Waals surface area (Å²) in [5.74, 6) is 1.15. The van der Waals surface area contributed by atoms with E-state index in [9.17, 15) is 0 Å². The molecule has 0 bridgehead atoms. The molecule has 4 heterocycles. The molecule has 1 aliphatic heterocycles. The Hall–Kier alpha value is -2.06. The summed E-state index contributed by atoms with van der Waals surface area (Å²) in [7, 11) is 0. The van der Waals surface area contributed by atoms with Gasteiger partial charge in [-0.05, 0) is 18.6 Å². The van der Waals surface area contributed by atoms with Gasteiger partial charge < -0.3 is 10.5 Å². The van der Waals surface area contributed by atoms with E-state index in [0.29, 0.717) is 12.3 Å². The molecule has 20 heavy (non-hydrogen) atoms. The van der Waals surface area contributed by atoms with Gasteiger partial charge in [0.2, 0.25) is 4.96 Å². The molecule has 1 aliphatic rings. The number of pyridine rings is 1. The number of nitrogens with zero attached hydrogens (tertiary/aromatic N) is 5. The van der Waals surface area contributed by atoms with E-state index in [1.807, 2.05) is 12.1 Å². The van der Waals surface area contributed by atoms with Crippen molar-refractivity contribution in [1.29, 1.82) is 0 Å². The zero-order valence-electron chi connectivity index (χ0n) is 10.6. The topological polar surface area (TPSA) is 91.2 Å². The van der Waals surface area contributed by atoms with Gasteiger partial charge in [-0.1, -0.05) is 11.3 Å². The predicted octanol–water partition coefficient (Wildman–Crippen LogP) is 1.33. The third kappa shape index (κ3) is 1.84. The Kier molecular flexibility index (Phi) is 2.64. The molecule has 8 heteroatoms. The molecule has 0 spiro atoms. The largest absolute Gasteiger partial charge is 0.397 e. The summed E-state index contributed by atoms with van der Waals surface area (Å²) in [6, 6.07) is 3.68. The van der Waals surface area contributed by atoms with Crippen LogP contribution in [0.5, 0.6) is 0 Å². The Morgan fingerprint density at radius 2 is 2.30 bits per heavy atom. The molecule has 0 aliphatic carbocycles. The van der Waals surface area contributed by atoms with Gasteiger partial charge in [-0.3, -0.25) is 4.98 Å². The number of aromatic nitrogens is 5. The van der Waals surface area contributed by atoms with E-state index in [0.717, 1.165) is 34.5 Å². The monoisotopic (exact) mass is 288 g/mol. The molecule has 3 aromatic rings. The van der Waals surface area contributed by atoms with Crippen molar-refractivity contribution in [3.8, 4) is 10.7 Å². The van der Waals surface area contributed by atoms with Crippen molar-refractivity contribution in [2.75, 3.05) is 18.9 Å². The van der Waals surface area contributed by atoms with Crippen LogP contribution in [0, 0.1) is 0 Å². The number of fused-ring (bicyclic) bond motifs is 1. The second kappa shape index (κ2) is 4.50. The molecule has 1 unspecified atom stereocenters. The first kappa shape index (κ1) is 11.7. The number of hydrogen-bond acceptors (Lipinski definition) is 7. The molecule has 1 fully saturated rings. The summed E-state index contributed by atoms with van der Waals surface area (Å²) >= 11 is 1.47. The van der Waals surface area contributed by atoms with Crippen molar-refractivity contribution in [3.63, 3.8) is 0 Å². The summed E-state index contributed by atoms with van der Waals surface area (Å²) in [6.45, 7) is 1.46. The molecule has 102 valence electrons. The quantitative estimate of drug-likeness (QED) is 0.765. The average Bonchev–Trinajstić information content (AvgIpc) is 3.15. The Morgan fingerprint density at radius 1 is 1.35 bits per heavy atom. The van der Waals surface area contributed by atoms with Crippen LogP contribution < -0.4 is 5.73 Å². The van der Waals surface area contributed by atoms with E-state index in [1.54, 1.807) is 10.7 Å². The van der Waals surface area contributed by atoms with Gasteiger partial charge in [-0.25, -0.2) is 0 Å². The van der Waals surface area contributed by atoms with Crippen molar-refractivity contribution in [1.82, 2.24) is 24.8 Å². The lowest BCUT2D eigenvalue weighted by Gasteiger charge is -2.01. The van der Waals surface area contributed by atoms with Crippen LogP contribution in [0.1, 0.15) is 18.2 Å². The lowest BCUT2D eigenvalue weighted by atomic mass is 10.1. The van der Waals surface area contributed by atoms with Gasteiger partial charge in [0.15, 0.2) is 10.8 Å². The first-order valence-corrected chi connectivity index (χ1v) is 7.15. The Morgan fingerprint density at radius 3 is 3.05 bits per heavy atom. The second-order valence-corrected chi connectivity index (χ2v) is 5.65. The molecule has 1 saturated heterocycles. The van der Waals surface area contributed by atoms with Gasteiger partial charge in [0, 0.05) is 12.5 Å². The van der Waals surface area contributed by atoms with E-state index < -0.39 is 0 Å². The van der Waals surface area contributed by atoms with Crippen LogP contribution in [0.25, 0.3) is 15.7 Å². The number of anilines is 1. The minimum Gasteiger partial charge on any atom is -0.397 e. The van der Waals surface area contributed by atoms with Crippen LogP contribution in [0.15, 0.2) is 18.3 Å². The summed E-state index contributed by atoms with van der Waals surface area (Å²) in [5, 5.41) is 13.8. The van der Waals surface area contributed by atoms with Crippen LogP contribution in [0.2, 0.25) is 0 Å². The molecule has 1 atom stereocenters. The van der Waals surface area contributed by atoms with E-state index in [4.69, 9.17) is 10.5 Å². The highest BCUT2D eigenvalue weighted by atomic mass is 32.1. The summed E-state index contributed by atoms with van der Waals surface area (Å²) in [6.07, 6.45) is 2.59. The number of nitrogen functional groups attached to an aromatic ring is 1.